The van der Waals surface area contributed by atoms with Gasteiger partial charge in [-0.25, -0.2) is 9.48 Å². The maximum atomic E-state index is 11.5. The molecule has 8 heteroatoms. The largest absolute Gasteiger partial charge is 0.497 e. The zero-order valence-electron chi connectivity index (χ0n) is 12.9. The standard InChI is InChI=1S/C15H17N3O5/c1-21-9-5-6-11(22-2)10(8-9)18-14(12-4-3-7-23-12)13(15(19)20)16-17-18/h5-6,8,12H,3-4,7H2,1-2H3,(H,19,20). The van der Waals surface area contributed by atoms with Gasteiger partial charge >= 0.3 is 5.97 Å². The third kappa shape index (κ3) is 2.72. The molecule has 8 nitrogen and oxygen atoms in total. The van der Waals surface area contributed by atoms with E-state index in [0.717, 1.165) is 12.8 Å². The summed E-state index contributed by atoms with van der Waals surface area (Å²) in [6, 6.07) is 5.20. The van der Waals surface area contributed by atoms with Crippen LogP contribution in [0.1, 0.15) is 35.1 Å². The third-order valence-electron chi connectivity index (χ3n) is 3.76. The summed E-state index contributed by atoms with van der Waals surface area (Å²) in [5.41, 5.74) is 0.862. The summed E-state index contributed by atoms with van der Waals surface area (Å²) in [7, 11) is 3.09. The number of hydrogen-bond acceptors (Lipinski definition) is 6. The summed E-state index contributed by atoms with van der Waals surface area (Å²) in [5.74, 6) is 0.00182. The maximum absolute atomic E-state index is 11.5. The van der Waals surface area contributed by atoms with Gasteiger partial charge in [0.15, 0.2) is 5.69 Å². The van der Waals surface area contributed by atoms with Crippen LogP contribution in [0.4, 0.5) is 0 Å². The number of aromatic carboxylic acids is 1. The van der Waals surface area contributed by atoms with E-state index >= 15 is 0 Å². The van der Waals surface area contributed by atoms with Gasteiger partial charge in [-0.05, 0) is 25.0 Å². The highest BCUT2D eigenvalue weighted by Crippen LogP contribution is 2.35. The van der Waals surface area contributed by atoms with E-state index in [1.807, 2.05) is 0 Å². The van der Waals surface area contributed by atoms with Gasteiger partial charge in [0, 0.05) is 12.7 Å². The summed E-state index contributed by atoms with van der Waals surface area (Å²) in [4.78, 5) is 11.5. The molecule has 1 atom stereocenters. The first-order chi connectivity index (χ1) is 11.2. The van der Waals surface area contributed by atoms with Crippen molar-refractivity contribution in [2.24, 2.45) is 0 Å². The van der Waals surface area contributed by atoms with Crippen molar-refractivity contribution in [3.63, 3.8) is 0 Å². The van der Waals surface area contributed by atoms with Gasteiger partial charge in [-0.1, -0.05) is 5.21 Å². The average molecular weight is 319 g/mol. The smallest absolute Gasteiger partial charge is 0.358 e. The number of methoxy groups -OCH3 is 2. The fraction of sp³-hybridized carbons (Fsp3) is 0.400. The molecule has 0 amide bonds. The number of hydrogen-bond donors (Lipinski definition) is 1. The monoisotopic (exact) mass is 319 g/mol. The van der Waals surface area contributed by atoms with Crippen molar-refractivity contribution >= 4 is 5.97 Å². The van der Waals surface area contributed by atoms with Crippen LogP contribution >= 0.6 is 0 Å². The molecule has 0 saturated carbocycles. The highest BCUT2D eigenvalue weighted by molar-refractivity contribution is 5.86. The minimum Gasteiger partial charge on any atom is -0.497 e. The van der Waals surface area contributed by atoms with E-state index in [4.69, 9.17) is 14.2 Å². The highest BCUT2D eigenvalue weighted by Gasteiger charge is 2.31. The molecule has 1 aromatic heterocycles. The van der Waals surface area contributed by atoms with E-state index < -0.39 is 5.97 Å². The summed E-state index contributed by atoms with van der Waals surface area (Å²) in [6.45, 7) is 0.587. The number of benzene rings is 1. The molecular weight excluding hydrogens is 302 g/mol. The van der Waals surface area contributed by atoms with Gasteiger partial charge in [0.05, 0.1) is 14.2 Å². The van der Waals surface area contributed by atoms with Crippen molar-refractivity contribution in [1.82, 2.24) is 15.0 Å². The van der Waals surface area contributed by atoms with Crippen molar-refractivity contribution in [3.05, 3.63) is 29.6 Å². The van der Waals surface area contributed by atoms with Crippen LogP contribution in [0.25, 0.3) is 5.69 Å². The first kappa shape index (κ1) is 15.3. The molecule has 1 saturated heterocycles. The lowest BCUT2D eigenvalue weighted by atomic mass is 10.1. The molecule has 2 aromatic rings. The fourth-order valence-corrected chi connectivity index (χ4v) is 2.66. The van der Waals surface area contributed by atoms with Crippen molar-refractivity contribution in [3.8, 4) is 17.2 Å². The van der Waals surface area contributed by atoms with Gasteiger partial charge in [0.2, 0.25) is 0 Å². The Morgan fingerprint density at radius 1 is 1.39 bits per heavy atom. The van der Waals surface area contributed by atoms with E-state index in [2.05, 4.69) is 10.3 Å². The first-order valence-electron chi connectivity index (χ1n) is 7.18. The van der Waals surface area contributed by atoms with Gasteiger partial charge in [-0.2, -0.15) is 0 Å². The highest BCUT2D eigenvalue weighted by atomic mass is 16.5. The fourth-order valence-electron chi connectivity index (χ4n) is 2.66. The van der Waals surface area contributed by atoms with E-state index in [1.165, 1.54) is 11.8 Å². The molecule has 0 bridgehead atoms. The van der Waals surface area contributed by atoms with Gasteiger partial charge in [0.1, 0.15) is 29.0 Å². The zero-order chi connectivity index (χ0) is 16.4. The number of carboxylic acid groups (broad SMARTS) is 1. The Labute approximate surface area is 132 Å². The van der Waals surface area contributed by atoms with Crippen molar-refractivity contribution < 1.29 is 24.1 Å². The Kier molecular flexibility index (Phi) is 4.16. The minimum atomic E-state index is -1.14. The third-order valence-corrected chi connectivity index (χ3v) is 3.76. The van der Waals surface area contributed by atoms with Crippen LogP contribution in [0.2, 0.25) is 0 Å². The van der Waals surface area contributed by atoms with Crippen LogP contribution in [0.5, 0.6) is 11.5 Å². The summed E-state index contributed by atoms with van der Waals surface area (Å²) in [6.07, 6.45) is 1.23. The molecule has 0 spiro atoms. The lowest BCUT2D eigenvalue weighted by Gasteiger charge is -2.15. The molecule has 0 aliphatic carbocycles. The number of rotatable bonds is 5. The molecular formula is C15H17N3O5. The summed E-state index contributed by atoms with van der Waals surface area (Å²) >= 11 is 0. The number of aromatic nitrogens is 3. The van der Waals surface area contributed by atoms with E-state index in [-0.39, 0.29) is 11.8 Å². The number of carbonyl (C=O) groups is 1. The van der Waals surface area contributed by atoms with Crippen molar-refractivity contribution in [2.45, 2.75) is 18.9 Å². The molecule has 1 aliphatic rings. The minimum absolute atomic E-state index is 0.109. The van der Waals surface area contributed by atoms with E-state index in [0.29, 0.717) is 29.5 Å². The second-order valence-electron chi connectivity index (χ2n) is 5.08. The average Bonchev–Trinajstić information content (AvgIpc) is 3.22. The number of carboxylic acids is 1. The lowest BCUT2D eigenvalue weighted by molar-refractivity contribution is 0.0673. The molecule has 2 heterocycles. The SMILES string of the molecule is COc1ccc(OC)c(-n2nnc(C(=O)O)c2C2CCCO2)c1. The van der Waals surface area contributed by atoms with Gasteiger partial charge in [0.25, 0.3) is 0 Å². The molecule has 1 N–H and O–H groups in total. The Morgan fingerprint density at radius 2 is 2.22 bits per heavy atom. The molecule has 3 rings (SSSR count). The van der Waals surface area contributed by atoms with Crippen LogP contribution in [0, 0.1) is 0 Å². The van der Waals surface area contributed by atoms with Crippen molar-refractivity contribution in [2.75, 3.05) is 20.8 Å². The maximum Gasteiger partial charge on any atom is 0.358 e. The molecule has 1 aromatic carbocycles. The van der Waals surface area contributed by atoms with Gasteiger partial charge < -0.3 is 19.3 Å². The zero-order valence-corrected chi connectivity index (χ0v) is 12.9. The topological polar surface area (TPSA) is 95.7 Å². The molecule has 23 heavy (non-hydrogen) atoms. The quantitative estimate of drug-likeness (QED) is 0.898. The Hall–Kier alpha value is -2.61. The molecule has 1 unspecified atom stereocenters. The number of ether oxygens (including phenoxy) is 3. The van der Waals surface area contributed by atoms with Crippen LogP contribution < -0.4 is 9.47 Å². The molecule has 122 valence electrons. The van der Waals surface area contributed by atoms with E-state index in [1.54, 1.807) is 25.3 Å². The Morgan fingerprint density at radius 3 is 2.83 bits per heavy atom. The van der Waals surface area contributed by atoms with Crippen LogP contribution in [0.3, 0.4) is 0 Å². The second kappa shape index (κ2) is 6.25. The van der Waals surface area contributed by atoms with Gasteiger partial charge in [-0.3, -0.25) is 0 Å². The van der Waals surface area contributed by atoms with Crippen molar-refractivity contribution in [1.29, 1.82) is 0 Å². The van der Waals surface area contributed by atoms with E-state index in [9.17, 15) is 9.90 Å². The van der Waals surface area contributed by atoms with Gasteiger partial charge in [-0.15, -0.1) is 5.10 Å². The van der Waals surface area contributed by atoms with Crippen LogP contribution in [-0.4, -0.2) is 46.9 Å². The lowest BCUT2D eigenvalue weighted by Crippen LogP contribution is -2.12. The summed E-state index contributed by atoms with van der Waals surface area (Å²) < 4.78 is 17.7. The normalized spacial score (nSPS) is 17.2. The van der Waals surface area contributed by atoms with Crippen LogP contribution in [0.15, 0.2) is 18.2 Å². The molecule has 1 aliphatic heterocycles. The predicted molar refractivity (Wildman–Crippen MR) is 79.3 cm³/mol. The second-order valence-corrected chi connectivity index (χ2v) is 5.08. The van der Waals surface area contributed by atoms with Crippen LogP contribution in [-0.2, 0) is 4.74 Å². The summed E-state index contributed by atoms with van der Waals surface area (Å²) in [5, 5.41) is 17.2. The number of nitrogens with zero attached hydrogens (tertiary/aromatic N) is 3. The Balaban J connectivity index is 2.18. The molecule has 1 fully saturated rings. The first-order valence-corrected chi connectivity index (χ1v) is 7.18. The molecule has 0 radical (unpaired) electrons. The Bertz CT molecular complexity index is 722. The predicted octanol–water partition coefficient (Wildman–Crippen LogP) is 1.83.